The minimum Gasteiger partial charge on any atom is -0.496 e. The highest BCUT2D eigenvalue weighted by atomic mass is 16.5. The maximum absolute atomic E-state index is 12.8. The third-order valence-electron chi connectivity index (χ3n) is 5.98. The van der Waals surface area contributed by atoms with Crippen molar-refractivity contribution in [1.82, 2.24) is 0 Å². The Hall–Kier alpha value is -3.84. The second-order valence-electron chi connectivity index (χ2n) is 8.24. The number of amides is 1. The first-order chi connectivity index (χ1) is 17.1. The minimum absolute atomic E-state index is 0.000729. The first-order valence-electron chi connectivity index (χ1n) is 11.5. The summed E-state index contributed by atoms with van der Waals surface area (Å²) in [6, 6.07) is 22.9. The van der Waals surface area contributed by atoms with E-state index >= 15 is 0 Å². The minimum atomic E-state index is -0.456. The van der Waals surface area contributed by atoms with Crippen LogP contribution in [0.15, 0.2) is 72.8 Å². The monoisotopic (exact) mass is 475 g/mol. The van der Waals surface area contributed by atoms with E-state index in [4.69, 9.17) is 18.9 Å². The SMILES string of the molecule is COC(=O)c1ccc(C2CC(=O)N(c3ccc(OCCOCc4ccccc4)cc3)C2)cc1OC. The average Bonchev–Trinajstić information content (AvgIpc) is 3.30. The van der Waals surface area contributed by atoms with Crippen molar-refractivity contribution in [2.24, 2.45) is 0 Å². The lowest BCUT2D eigenvalue weighted by Gasteiger charge is -2.18. The summed E-state index contributed by atoms with van der Waals surface area (Å²) in [5.74, 6) is 0.760. The van der Waals surface area contributed by atoms with Crippen LogP contribution in [-0.2, 0) is 20.9 Å². The molecule has 0 saturated carbocycles. The van der Waals surface area contributed by atoms with E-state index in [1.54, 1.807) is 11.0 Å². The molecule has 3 aromatic carbocycles. The summed E-state index contributed by atoms with van der Waals surface area (Å²) in [5, 5.41) is 0. The lowest BCUT2D eigenvalue weighted by molar-refractivity contribution is -0.117. The number of nitrogens with zero attached hydrogens (tertiary/aromatic N) is 1. The quantitative estimate of drug-likeness (QED) is 0.315. The van der Waals surface area contributed by atoms with E-state index in [0.29, 0.717) is 44.1 Å². The highest BCUT2D eigenvalue weighted by Gasteiger charge is 2.32. The van der Waals surface area contributed by atoms with Gasteiger partial charge in [-0.05, 0) is 47.5 Å². The van der Waals surface area contributed by atoms with Gasteiger partial charge in [-0.15, -0.1) is 0 Å². The second kappa shape index (κ2) is 11.5. The summed E-state index contributed by atoms with van der Waals surface area (Å²) in [6.07, 6.45) is 0.387. The van der Waals surface area contributed by atoms with Crippen LogP contribution in [0.1, 0.15) is 33.8 Å². The lowest BCUT2D eigenvalue weighted by Crippen LogP contribution is -2.24. The number of carbonyl (C=O) groups excluding carboxylic acids is 2. The number of carbonyl (C=O) groups is 2. The molecule has 1 atom stereocenters. The van der Waals surface area contributed by atoms with Crippen LogP contribution in [-0.4, -0.2) is 45.9 Å². The molecule has 1 amide bonds. The van der Waals surface area contributed by atoms with Gasteiger partial charge in [-0.1, -0.05) is 36.4 Å². The number of rotatable bonds is 10. The van der Waals surface area contributed by atoms with Crippen molar-refractivity contribution in [3.63, 3.8) is 0 Å². The van der Waals surface area contributed by atoms with Crippen molar-refractivity contribution in [2.75, 3.05) is 38.9 Å². The average molecular weight is 476 g/mol. The molecule has 1 unspecified atom stereocenters. The molecule has 35 heavy (non-hydrogen) atoms. The van der Waals surface area contributed by atoms with Crippen molar-refractivity contribution in [1.29, 1.82) is 0 Å². The number of esters is 1. The Bertz CT molecular complexity index is 1150. The van der Waals surface area contributed by atoms with Crippen molar-refractivity contribution in [3.05, 3.63) is 89.5 Å². The van der Waals surface area contributed by atoms with Gasteiger partial charge >= 0.3 is 5.97 Å². The molecule has 0 spiro atoms. The van der Waals surface area contributed by atoms with Crippen LogP contribution < -0.4 is 14.4 Å². The van der Waals surface area contributed by atoms with Gasteiger partial charge in [0.2, 0.25) is 5.91 Å². The standard InChI is InChI=1S/C28H29NO6/c1-32-26-16-21(8-13-25(26)28(31)33-2)22-17-27(30)29(18-22)23-9-11-24(12-10-23)35-15-14-34-19-20-6-4-3-5-7-20/h3-13,16,22H,14-15,17-19H2,1-2H3. The molecule has 1 heterocycles. The number of benzene rings is 3. The van der Waals surface area contributed by atoms with Crippen LogP contribution in [0.3, 0.4) is 0 Å². The molecular weight excluding hydrogens is 446 g/mol. The molecule has 1 aliphatic heterocycles. The van der Waals surface area contributed by atoms with Crippen LogP contribution in [0.2, 0.25) is 0 Å². The Kier molecular flexibility index (Phi) is 8.00. The van der Waals surface area contributed by atoms with E-state index in [-0.39, 0.29) is 11.8 Å². The van der Waals surface area contributed by atoms with Crippen molar-refractivity contribution in [2.45, 2.75) is 18.9 Å². The molecular formula is C28H29NO6. The van der Waals surface area contributed by atoms with Crippen LogP contribution >= 0.6 is 0 Å². The fourth-order valence-corrected chi connectivity index (χ4v) is 4.13. The second-order valence-corrected chi connectivity index (χ2v) is 8.24. The molecule has 0 N–H and O–H groups in total. The molecule has 182 valence electrons. The van der Waals surface area contributed by atoms with Crippen molar-refractivity contribution < 1.29 is 28.5 Å². The van der Waals surface area contributed by atoms with Gasteiger partial charge in [0, 0.05) is 24.6 Å². The first kappa shape index (κ1) is 24.3. The van der Waals surface area contributed by atoms with Gasteiger partial charge in [-0.3, -0.25) is 4.79 Å². The summed E-state index contributed by atoms with van der Waals surface area (Å²) in [7, 11) is 2.84. The van der Waals surface area contributed by atoms with Gasteiger partial charge in [0.1, 0.15) is 23.7 Å². The van der Waals surface area contributed by atoms with Crippen LogP contribution in [0, 0.1) is 0 Å². The molecule has 0 aliphatic carbocycles. The summed E-state index contributed by atoms with van der Waals surface area (Å²) >= 11 is 0. The normalized spacial score (nSPS) is 15.2. The highest BCUT2D eigenvalue weighted by Crippen LogP contribution is 2.35. The number of anilines is 1. The van der Waals surface area contributed by atoms with E-state index in [9.17, 15) is 9.59 Å². The summed E-state index contributed by atoms with van der Waals surface area (Å²) < 4.78 is 21.6. The van der Waals surface area contributed by atoms with Gasteiger partial charge in [0.15, 0.2) is 0 Å². The Balaban J connectivity index is 1.31. The molecule has 7 heteroatoms. The van der Waals surface area contributed by atoms with Crippen LogP contribution in [0.25, 0.3) is 0 Å². The van der Waals surface area contributed by atoms with Crippen LogP contribution in [0.4, 0.5) is 5.69 Å². The third kappa shape index (κ3) is 6.00. The van der Waals surface area contributed by atoms with Gasteiger partial charge in [-0.25, -0.2) is 4.79 Å². The van der Waals surface area contributed by atoms with Gasteiger partial charge < -0.3 is 23.8 Å². The Morgan fingerprint density at radius 3 is 2.46 bits per heavy atom. The molecule has 0 aromatic heterocycles. The molecule has 1 saturated heterocycles. The summed E-state index contributed by atoms with van der Waals surface area (Å²) in [4.78, 5) is 26.4. The van der Waals surface area contributed by atoms with Crippen LogP contribution in [0.5, 0.6) is 11.5 Å². The van der Waals surface area contributed by atoms with Crippen molar-refractivity contribution >= 4 is 17.6 Å². The molecule has 4 rings (SSSR count). The number of hydrogen-bond donors (Lipinski definition) is 0. The molecule has 0 radical (unpaired) electrons. The predicted octanol–water partition coefficient (Wildman–Crippen LogP) is 4.60. The molecule has 1 fully saturated rings. The predicted molar refractivity (Wildman–Crippen MR) is 132 cm³/mol. The largest absolute Gasteiger partial charge is 0.496 e. The van der Waals surface area contributed by atoms with E-state index in [1.807, 2.05) is 66.7 Å². The molecule has 1 aliphatic rings. The van der Waals surface area contributed by atoms with Gasteiger partial charge in [0.05, 0.1) is 27.4 Å². The third-order valence-corrected chi connectivity index (χ3v) is 5.98. The number of ether oxygens (including phenoxy) is 4. The zero-order valence-electron chi connectivity index (χ0n) is 19.9. The maximum Gasteiger partial charge on any atom is 0.341 e. The maximum atomic E-state index is 12.8. The van der Waals surface area contributed by atoms with E-state index < -0.39 is 5.97 Å². The van der Waals surface area contributed by atoms with Crippen molar-refractivity contribution in [3.8, 4) is 11.5 Å². The van der Waals surface area contributed by atoms with E-state index in [2.05, 4.69) is 0 Å². The lowest BCUT2D eigenvalue weighted by atomic mass is 9.96. The Labute approximate surface area is 205 Å². The summed E-state index contributed by atoms with van der Waals surface area (Å²) in [5.41, 5.74) is 3.26. The summed E-state index contributed by atoms with van der Waals surface area (Å²) in [6.45, 7) is 2.03. The van der Waals surface area contributed by atoms with E-state index in [0.717, 1.165) is 22.6 Å². The molecule has 7 nitrogen and oxygen atoms in total. The van der Waals surface area contributed by atoms with Gasteiger partial charge in [-0.2, -0.15) is 0 Å². The first-order valence-corrected chi connectivity index (χ1v) is 11.5. The zero-order chi connectivity index (χ0) is 24.6. The smallest absolute Gasteiger partial charge is 0.341 e. The molecule has 3 aromatic rings. The zero-order valence-corrected chi connectivity index (χ0v) is 19.9. The topological polar surface area (TPSA) is 74.3 Å². The Morgan fingerprint density at radius 1 is 0.971 bits per heavy atom. The Morgan fingerprint density at radius 2 is 1.74 bits per heavy atom. The van der Waals surface area contributed by atoms with E-state index in [1.165, 1.54) is 14.2 Å². The number of hydrogen-bond acceptors (Lipinski definition) is 6. The fourth-order valence-electron chi connectivity index (χ4n) is 4.13. The van der Waals surface area contributed by atoms with Gasteiger partial charge in [0.25, 0.3) is 0 Å². The highest BCUT2D eigenvalue weighted by molar-refractivity contribution is 5.97. The molecule has 0 bridgehead atoms. The number of methoxy groups -OCH3 is 2. The fraction of sp³-hybridized carbons (Fsp3) is 0.286.